The molecule has 2 amide bonds. The summed E-state index contributed by atoms with van der Waals surface area (Å²) in [5.74, 6) is 0.746. The Kier molecular flexibility index (Phi) is 6.33. The van der Waals surface area contributed by atoms with Crippen LogP contribution in [0.3, 0.4) is 0 Å². The van der Waals surface area contributed by atoms with Crippen molar-refractivity contribution in [3.8, 4) is 0 Å². The first-order valence-corrected chi connectivity index (χ1v) is 10.6. The summed E-state index contributed by atoms with van der Waals surface area (Å²) in [6.45, 7) is 4.32. The van der Waals surface area contributed by atoms with Gasteiger partial charge in [-0.05, 0) is 29.4 Å². The van der Waals surface area contributed by atoms with E-state index in [0.29, 0.717) is 31.3 Å². The van der Waals surface area contributed by atoms with Gasteiger partial charge in [-0.25, -0.2) is 4.79 Å². The lowest BCUT2D eigenvalue weighted by molar-refractivity contribution is -0.144. The van der Waals surface area contributed by atoms with Crippen molar-refractivity contribution in [3.05, 3.63) is 71.8 Å². The van der Waals surface area contributed by atoms with E-state index in [0.717, 1.165) is 31.6 Å². The van der Waals surface area contributed by atoms with Crippen molar-refractivity contribution in [2.75, 3.05) is 26.2 Å². The zero-order chi connectivity index (χ0) is 20.9. The van der Waals surface area contributed by atoms with Gasteiger partial charge in [0.2, 0.25) is 0 Å². The van der Waals surface area contributed by atoms with Crippen molar-refractivity contribution in [1.29, 1.82) is 0 Å². The third-order valence-corrected chi connectivity index (χ3v) is 6.02. The Morgan fingerprint density at radius 3 is 2.03 bits per heavy atom. The van der Waals surface area contributed by atoms with Gasteiger partial charge in [-0.2, -0.15) is 0 Å². The quantitative estimate of drug-likeness (QED) is 0.799. The molecular formula is C24H29N3O3. The monoisotopic (exact) mass is 407 g/mol. The fraction of sp³-hybridized carbons (Fsp3) is 0.417. The number of amides is 2. The van der Waals surface area contributed by atoms with Crippen LogP contribution in [0, 0.1) is 11.8 Å². The molecule has 6 heteroatoms. The van der Waals surface area contributed by atoms with Gasteiger partial charge >= 0.3 is 6.09 Å². The molecule has 0 aromatic heterocycles. The van der Waals surface area contributed by atoms with E-state index in [1.165, 1.54) is 5.56 Å². The van der Waals surface area contributed by atoms with Crippen LogP contribution in [0.4, 0.5) is 4.79 Å². The highest BCUT2D eigenvalue weighted by Crippen LogP contribution is 2.30. The SMILES string of the molecule is NC(=O)O[C@@H](Cc1ccccc1)C(=O)N1CC2CC(CN(Cc3ccccc3)C2)C1. The van der Waals surface area contributed by atoms with E-state index in [1.807, 2.05) is 41.3 Å². The maximum Gasteiger partial charge on any atom is 0.405 e. The molecule has 0 spiro atoms. The fourth-order valence-corrected chi connectivity index (χ4v) is 4.89. The molecule has 0 radical (unpaired) electrons. The summed E-state index contributed by atoms with van der Waals surface area (Å²) in [5.41, 5.74) is 7.53. The van der Waals surface area contributed by atoms with Gasteiger partial charge in [0.05, 0.1) is 0 Å². The topological polar surface area (TPSA) is 75.9 Å². The summed E-state index contributed by atoms with van der Waals surface area (Å²) >= 11 is 0. The van der Waals surface area contributed by atoms with E-state index >= 15 is 0 Å². The molecule has 2 aliphatic heterocycles. The largest absolute Gasteiger partial charge is 0.436 e. The predicted octanol–water partition coefficient (Wildman–Crippen LogP) is 2.67. The maximum atomic E-state index is 13.2. The second-order valence-corrected chi connectivity index (χ2v) is 8.51. The molecule has 0 saturated carbocycles. The Morgan fingerprint density at radius 2 is 1.47 bits per heavy atom. The zero-order valence-electron chi connectivity index (χ0n) is 17.2. The van der Waals surface area contributed by atoms with Crippen molar-refractivity contribution < 1.29 is 14.3 Å². The van der Waals surface area contributed by atoms with E-state index in [2.05, 4.69) is 29.2 Å². The minimum absolute atomic E-state index is 0.135. The second kappa shape index (κ2) is 9.30. The van der Waals surface area contributed by atoms with Gasteiger partial charge in [-0.15, -0.1) is 0 Å². The summed E-state index contributed by atoms with van der Waals surface area (Å²) in [4.78, 5) is 29.0. The molecule has 4 rings (SSSR count). The molecule has 158 valence electrons. The number of hydrogen-bond donors (Lipinski definition) is 1. The number of fused-ring (bicyclic) bond motifs is 2. The fourth-order valence-electron chi connectivity index (χ4n) is 4.89. The lowest BCUT2D eigenvalue weighted by atomic mass is 9.84. The molecule has 2 aromatic carbocycles. The molecule has 2 unspecified atom stereocenters. The molecule has 2 fully saturated rings. The van der Waals surface area contributed by atoms with Crippen LogP contribution in [0.5, 0.6) is 0 Å². The summed E-state index contributed by atoms with van der Waals surface area (Å²) in [7, 11) is 0. The van der Waals surface area contributed by atoms with Crippen LogP contribution in [0.2, 0.25) is 0 Å². The summed E-state index contributed by atoms with van der Waals surface area (Å²) < 4.78 is 5.23. The molecule has 2 heterocycles. The van der Waals surface area contributed by atoms with Gasteiger partial charge in [-0.1, -0.05) is 60.7 Å². The van der Waals surface area contributed by atoms with Gasteiger partial charge in [0, 0.05) is 39.1 Å². The smallest absolute Gasteiger partial charge is 0.405 e. The second-order valence-electron chi connectivity index (χ2n) is 8.51. The van der Waals surface area contributed by atoms with Crippen LogP contribution in [0.1, 0.15) is 17.5 Å². The number of nitrogens with two attached hydrogens (primary N) is 1. The van der Waals surface area contributed by atoms with E-state index < -0.39 is 12.2 Å². The lowest BCUT2D eigenvalue weighted by Crippen LogP contribution is -2.56. The summed E-state index contributed by atoms with van der Waals surface area (Å²) in [5, 5.41) is 0. The molecule has 2 aromatic rings. The van der Waals surface area contributed by atoms with Crippen LogP contribution in [0.25, 0.3) is 0 Å². The average Bonchev–Trinajstić information content (AvgIpc) is 2.73. The van der Waals surface area contributed by atoms with Crippen LogP contribution in [0.15, 0.2) is 60.7 Å². The van der Waals surface area contributed by atoms with Crippen LogP contribution in [-0.2, 0) is 22.5 Å². The van der Waals surface area contributed by atoms with Crippen LogP contribution < -0.4 is 5.73 Å². The van der Waals surface area contributed by atoms with Crippen molar-refractivity contribution in [3.63, 3.8) is 0 Å². The van der Waals surface area contributed by atoms with Crippen molar-refractivity contribution >= 4 is 12.0 Å². The Balaban J connectivity index is 1.39. The van der Waals surface area contributed by atoms with Crippen LogP contribution >= 0.6 is 0 Å². The summed E-state index contributed by atoms with van der Waals surface area (Å²) in [6.07, 6.45) is -0.288. The first kappa shape index (κ1) is 20.4. The van der Waals surface area contributed by atoms with Gasteiger partial charge in [0.1, 0.15) is 0 Å². The number of carbonyl (C=O) groups is 2. The number of hydrogen-bond acceptors (Lipinski definition) is 4. The Bertz CT molecular complexity index is 845. The molecule has 6 nitrogen and oxygen atoms in total. The number of piperidine rings is 2. The first-order chi connectivity index (χ1) is 14.6. The van der Waals surface area contributed by atoms with E-state index in [1.54, 1.807) is 0 Å². The van der Waals surface area contributed by atoms with Gasteiger partial charge in [-0.3, -0.25) is 9.69 Å². The maximum absolute atomic E-state index is 13.2. The van der Waals surface area contributed by atoms with Gasteiger partial charge < -0.3 is 15.4 Å². The molecule has 2 saturated heterocycles. The number of nitrogens with zero attached hydrogens (tertiary/aromatic N) is 2. The van der Waals surface area contributed by atoms with E-state index in [4.69, 9.17) is 10.5 Å². The van der Waals surface area contributed by atoms with Gasteiger partial charge in [0.25, 0.3) is 5.91 Å². The minimum atomic E-state index is -0.907. The number of rotatable bonds is 6. The number of ether oxygens (including phenoxy) is 1. The highest BCUT2D eigenvalue weighted by molar-refractivity contribution is 5.83. The molecule has 3 atom stereocenters. The molecule has 0 aliphatic carbocycles. The van der Waals surface area contributed by atoms with E-state index in [-0.39, 0.29) is 5.91 Å². The average molecular weight is 408 g/mol. The molecule has 30 heavy (non-hydrogen) atoms. The Labute approximate surface area is 177 Å². The third kappa shape index (κ3) is 5.19. The Morgan fingerprint density at radius 1 is 0.900 bits per heavy atom. The standard InChI is InChI=1S/C24H29N3O3/c25-24(29)30-22(12-18-7-3-1-4-8-18)23(28)27-16-20-11-21(17-27)15-26(14-20)13-19-9-5-2-6-10-19/h1-10,20-22H,11-17H2,(H2,25,29)/t20?,21?,22-/m0/s1. The van der Waals surface area contributed by atoms with Crippen molar-refractivity contribution in [1.82, 2.24) is 9.80 Å². The number of benzene rings is 2. The summed E-state index contributed by atoms with van der Waals surface area (Å²) in [6, 6.07) is 20.1. The molecular weight excluding hydrogens is 378 g/mol. The van der Waals surface area contributed by atoms with E-state index in [9.17, 15) is 9.59 Å². The van der Waals surface area contributed by atoms with Crippen LogP contribution in [-0.4, -0.2) is 54.1 Å². The van der Waals surface area contributed by atoms with Gasteiger partial charge in [0.15, 0.2) is 6.10 Å². The molecule has 2 aliphatic rings. The number of carbonyl (C=O) groups excluding carboxylic acids is 2. The lowest BCUT2D eigenvalue weighted by Gasteiger charge is -2.46. The molecule has 2 bridgehead atoms. The van der Waals surface area contributed by atoms with Crippen molar-refractivity contribution in [2.45, 2.75) is 25.5 Å². The molecule has 2 N–H and O–H groups in total. The van der Waals surface area contributed by atoms with Crippen molar-refractivity contribution in [2.24, 2.45) is 17.6 Å². The normalized spacial score (nSPS) is 22.3. The number of primary amides is 1. The zero-order valence-corrected chi connectivity index (χ0v) is 17.2. The highest BCUT2D eigenvalue weighted by atomic mass is 16.6. The highest BCUT2D eigenvalue weighted by Gasteiger charge is 2.38. The minimum Gasteiger partial charge on any atom is -0.436 e. The Hall–Kier alpha value is -2.86. The first-order valence-electron chi connectivity index (χ1n) is 10.6. The third-order valence-electron chi connectivity index (χ3n) is 6.02. The number of likely N-dealkylation sites (tertiary alicyclic amines) is 2. The predicted molar refractivity (Wildman–Crippen MR) is 114 cm³/mol.